The molecule has 0 amide bonds. The Morgan fingerprint density at radius 2 is 2.24 bits per heavy atom. The van der Waals surface area contributed by atoms with E-state index in [1.807, 2.05) is 12.1 Å². The molecule has 0 aliphatic carbocycles. The van der Waals surface area contributed by atoms with Crippen LogP contribution < -0.4 is 15.8 Å². The van der Waals surface area contributed by atoms with Gasteiger partial charge in [0.2, 0.25) is 0 Å². The van der Waals surface area contributed by atoms with Crippen molar-refractivity contribution in [2.24, 2.45) is 16.8 Å². The number of hydrogen-bond donors (Lipinski definition) is 3. The monoisotopic (exact) mass is 293 g/mol. The number of oxime groups is 1. The Hall–Kier alpha value is -1.79. The van der Waals surface area contributed by atoms with Crippen LogP contribution in [0.3, 0.4) is 0 Å². The molecule has 1 heterocycles. The first-order valence-corrected chi connectivity index (χ1v) is 7.18. The Labute approximate surface area is 124 Å². The highest BCUT2D eigenvalue weighted by Crippen LogP contribution is 2.20. The fourth-order valence-electron chi connectivity index (χ4n) is 2.50. The molecule has 0 unspecified atom stereocenters. The van der Waals surface area contributed by atoms with Crippen LogP contribution in [0.15, 0.2) is 23.4 Å². The summed E-state index contributed by atoms with van der Waals surface area (Å²) >= 11 is 0. The number of nitrogens with zero attached hydrogens (tertiary/aromatic N) is 1. The van der Waals surface area contributed by atoms with Gasteiger partial charge in [-0.15, -0.1) is 0 Å². The third kappa shape index (κ3) is 4.34. The highest BCUT2D eigenvalue weighted by atomic mass is 16.5. The largest absolute Gasteiger partial charge is 0.496 e. The van der Waals surface area contributed by atoms with Crippen LogP contribution in [0.1, 0.15) is 24.0 Å². The predicted molar refractivity (Wildman–Crippen MR) is 80.8 cm³/mol. The van der Waals surface area contributed by atoms with Gasteiger partial charge in [-0.25, -0.2) is 0 Å². The Balaban J connectivity index is 1.96. The molecular weight excluding hydrogens is 270 g/mol. The van der Waals surface area contributed by atoms with Crippen molar-refractivity contribution in [2.45, 2.75) is 19.4 Å². The van der Waals surface area contributed by atoms with E-state index in [4.69, 9.17) is 20.4 Å². The molecule has 0 bridgehead atoms. The van der Waals surface area contributed by atoms with E-state index in [0.717, 1.165) is 43.9 Å². The van der Waals surface area contributed by atoms with Crippen LogP contribution in [0.2, 0.25) is 0 Å². The number of ether oxygens (including phenoxy) is 2. The minimum atomic E-state index is 0.100. The molecule has 4 N–H and O–H groups in total. The van der Waals surface area contributed by atoms with Crippen molar-refractivity contribution in [3.8, 4) is 5.75 Å². The summed E-state index contributed by atoms with van der Waals surface area (Å²) < 4.78 is 10.7. The molecule has 1 fully saturated rings. The van der Waals surface area contributed by atoms with Crippen LogP contribution in [-0.2, 0) is 11.3 Å². The van der Waals surface area contributed by atoms with Gasteiger partial charge in [0.25, 0.3) is 0 Å². The summed E-state index contributed by atoms with van der Waals surface area (Å²) in [6.45, 7) is 3.36. The number of methoxy groups -OCH3 is 1. The molecule has 1 saturated heterocycles. The van der Waals surface area contributed by atoms with Gasteiger partial charge in [-0.1, -0.05) is 5.16 Å². The van der Waals surface area contributed by atoms with Gasteiger partial charge < -0.3 is 25.7 Å². The minimum Gasteiger partial charge on any atom is -0.496 e. The highest BCUT2D eigenvalue weighted by Gasteiger charge is 2.13. The number of nitrogens with two attached hydrogens (primary N) is 1. The second-order valence-electron chi connectivity index (χ2n) is 5.20. The molecule has 0 saturated carbocycles. The Morgan fingerprint density at radius 1 is 1.48 bits per heavy atom. The van der Waals surface area contributed by atoms with Crippen LogP contribution in [0.5, 0.6) is 5.75 Å². The zero-order valence-corrected chi connectivity index (χ0v) is 12.3. The fourth-order valence-corrected chi connectivity index (χ4v) is 2.50. The normalized spacial score (nSPS) is 16.9. The summed E-state index contributed by atoms with van der Waals surface area (Å²) in [5.74, 6) is 1.56. The zero-order chi connectivity index (χ0) is 15.1. The first-order valence-electron chi connectivity index (χ1n) is 7.18. The van der Waals surface area contributed by atoms with Crippen molar-refractivity contribution in [1.29, 1.82) is 0 Å². The van der Waals surface area contributed by atoms with Crippen molar-refractivity contribution < 1.29 is 14.7 Å². The average Bonchev–Trinajstić information content (AvgIpc) is 2.55. The molecule has 0 aromatic heterocycles. The summed E-state index contributed by atoms with van der Waals surface area (Å²) in [5.41, 5.74) is 7.30. The van der Waals surface area contributed by atoms with Gasteiger partial charge in [0.1, 0.15) is 5.75 Å². The fraction of sp³-hybridized carbons (Fsp3) is 0.533. The number of rotatable bonds is 6. The zero-order valence-electron chi connectivity index (χ0n) is 12.3. The lowest BCUT2D eigenvalue weighted by atomic mass is 10.0. The first-order chi connectivity index (χ1) is 10.2. The topological polar surface area (TPSA) is 89.1 Å². The highest BCUT2D eigenvalue weighted by molar-refractivity contribution is 5.97. The number of amidine groups is 1. The van der Waals surface area contributed by atoms with Crippen molar-refractivity contribution in [2.75, 3.05) is 26.9 Å². The maximum atomic E-state index is 8.76. The SMILES string of the molecule is COc1ccc(/C(N)=N/O)cc1CNCC1CCOCC1. The van der Waals surface area contributed by atoms with Crippen molar-refractivity contribution in [1.82, 2.24) is 5.32 Å². The number of hydrogen-bond acceptors (Lipinski definition) is 5. The molecule has 0 radical (unpaired) electrons. The van der Waals surface area contributed by atoms with Crippen molar-refractivity contribution >= 4 is 5.84 Å². The maximum absolute atomic E-state index is 8.76. The smallest absolute Gasteiger partial charge is 0.170 e. The lowest BCUT2D eigenvalue weighted by Gasteiger charge is -2.22. The quantitative estimate of drug-likeness (QED) is 0.318. The van der Waals surface area contributed by atoms with E-state index in [0.29, 0.717) is 18.0 Å². The van der Waals surface area contributed by atoms with Crippen LogP contribution in [0.25, 0.3) is 0 Å². The van der Waals surface area contributed by atoms with Crippen LogP contribution in [0.4, 0.5) is 0 Å². The molecule has 6 nitrogen and oxygen atoms in total. The van der Waals surface area contributed by atoms with E-state index < -0.39 is 0 Å². The van der Waals surface area contributed by atoms with Gasteiger partial charge in [0.15, 0.2) is 5.84 Å². The number of nitrogens with one attached hydrogen (secondary N) is 1. The molecule has 116 valence electrons. The first kappa shape index (κ1) is 15.6. The van der Waals surface area contributed by atoms with E-state index in [1.54, 1.807) is 13.2 Å². The van der Waals surface area contributed by atoms with Crippen LogP contribution >= 0.6 is 0 Å². The summed E-state index contributed by atoms with van der Waals surface area (Å²) in [6.07, 6.45) is 2.21. The second kappa shape index (κ2) is 7.85. The molecule has 1 aromatic carbocycles. The Kier molecular flexibility index (Phi) is 5.83. The molecular formula is C15H23N3O3. The van der Waals surface area contributed by atoms with E-state index in [2.05, 4.69) is 10.5 Å². The van der Waals surface area contributed by atoms with Gasteiger partial charge in [-0.3, -0.25) is 0 Å². The summed E-state index contributed by atoms with van der Waals surface area (Å²) in [6, 6.07) is 5.49. The Bertz CT molecular complexity index is 485. The summed E-state index contributed by atoms with van der Waals surface area (Å²) in [5, 5.41) is 15.2. The lowest BCUT2D eigenvalue weighted by Crippen LogP contribution is -2.27. The average molecular weight is 293 g/mol. The third-order valence-corrected chi connectivity index (χ3v) is 3.77. The molecule has 1 aromatic rings. The molecule has 21 heavy (non-hydrogen) atoms. The van der Waals surface area contributed by atoms with Crippen molar-refractivity contribution in [3.05, 3.63) is 29.3 Å². The Morgan fingerprint density at radius 3 is 2.90 bits per heavy atom. The van der Waals surface area contributed by atoms with Gasteiger partial charge in [0, 0.05) is 30.9 Å². The number of benzene rings is 1. The van der Waals surface area contributed by atoms with E-state index >= 15 is 0 Å². The molecule has 6 heteroatoms. The molecule has 1 aliphatic heterocycles. The van der Waals surface area contributed by atoms with Gasteiger partial charge in [-0.05, 0) is 43.5 Å². The van der Waals surface area contributed by atoms with E-state index in [-0.39, 0.29) is 5.84 Å². The van der Waals surface area contributed by atoms with Gasteiger partial charge in [0.05, 0.1) is 7.11 Å². The molecule has 0 spiro atoms. The van der Waals surface area contributed by atoms with Gasteiger partial charge >= 0.3 is 0 Å². The third-order valence-electron chi connectivity index (χ3n) is 3.77. The van der Waals surface area contributed by atoms with Crippen LogP contribution in [-0.4, -0.2) is 37.9 Å². The van der Waals surface area contributed by atoms with Gasteiger partial charge in [-0.2, -0.15) is 0 Å². The van der Waals surface area contributed by atoms with E-state index in [1.165, 1.54) is 0 Å². The molecule has 1 aliphatic rings. The molecule has 0 atom stereocenters. The van der Waals surface area contributed by atoms with E-state index in [9.17, 15) is 0 Å². The van der Waals surface area contributed by atoms with Crippen molar-refractivity contribution in [3.63, 3.8) is 0 Å². The summed E-state index contributed by atoms with van der Waals surface area (Å²) in [7, 11) is 1.64. The second-order valence-corrected chi connectivity index (χ2v) is 5.20. The van der Waals surface area contributed by atoms with Crippen LogP contribution in [0, 0.1) is 5.92 Å². The predicted octanol–water partition coefficient (Wildman–Crippen LogP) is 1.31. The standard InChI is InChI=1S/C15H23N3O3/c1-20-14-3-2-12(15(16)18-19)8-13(14)10-17-9-11-4-6-21-7-5-11/h2-3,8,11,17,19H,4-7,9-10H2,1H3,(H2,16,18). The summed E-state index contributed by atoms with van der Waals surface area (Å²) in [4.78, 5) is 0. The minimum absolute atomic E-state index is 0.100. The maximum Gasteiger partial charge on any atom is 0.170 e. The molecule has 2 rings (SSSR count). The lowest BCUT2D eigenvalue weighted by molar-refractivity contribution is 0.0662.